The molecule has 3 aromatic rings. The number of carboxylic acids is 1. The Morgan fingerprint density at radius 3 is 2.58 bits per heavy atom. The predicted molar refractivity (Wildman–Crippen MR) is 90.7 cm³/mol. The molecule has 0 fully saturated rings. The van der Waals surface area contributed by atoms with E-state index in [1.165, 1.54) is 19.2 Å². The number of hydrogen-bond acceptors (Lipinski definition) is 3. The highest BCUT2D eigenvalue weighted by molar-refractivity contribution is 6.32. The van der Waals surface area contributed by atoms with Gasteiger partial charge in [-0.1, -0.05) is 23.2 Å². The van der Waals surface area contributed by atoms with Crippen molar-refractivity contribution in [2.24, 2.45) is 0 Å². The van der Waals surface area contributed by atoms with Gasteiger partial charge in [0, 0.05) is 16.0 Å². The lowest BCUT2D eigenvalue weighted by Gasteiger charge is -2.10. The van der Waals surface area contributed by atoms with Crippen LogP contribution in [0.1, 0.15) is 10.4 Å². The second-order valence-corrected chi connectivity index (χ2v) is 5.84. The van der Waals surface area contributed by atoms with Gasteiger partial charge in [-0.25, -0.2) is 14.2 Å². The lowest BCUT2D eigenvalue weighted by molar-refractivity contribution is 0.0699. The fourth-order valence-electron chi connectivity index (χ4n) is 2.40. The number of carbonyl (C=O) groups is 1. The Morgan fingerprint density at radius 1 is 1.21 bits per heavy atom. The Morgan fingerprint density at radius 2 is 1.96 bits per heavy atom. The second kappa shape index (κ2) is 6.26. The molecule has 24 heavy (non-hydrogen) atoms. The van der Waals surface area contributed by atoms with Gasteiger partial charge >= 0.3 is 5.97 Å². The largest absolute Gasteiger partial charge is 0.495 e. The number of ether oxygens (including phenoxy) is 1. The van der Waals surface area contributed by atoms with E-state index in [4.69, 9.17) is 27.9 Å². The molecule has 0 aliphatic heterocycles. The second-order valence-electron chi connectivity index (χ2n) is 4.99. The van der Waals surface area contributed by atoms with Crippen LogP contribution in [-0.2, 0) is 0 Å². The molecule has 7 heteroatoms. The van der Waals surface area contributed by atoms with Crippen LogP contribution in [0.4, 0.5) is 4.39 Å². The lowest BCUT2D eigenvalue weighted by atomic mass is 10.0. The first-order valence-corrected chi connectivity index (χ1v) is 7.53. The molecule has 0 bridgehead atoms. The summed E-state index contributed by atoms with van der Waals surface area (Å²) < 4.78 is 19.3. The molecule has 2 aromatic carbocycles. The van der Waals surface area contributed by atoms with Gasteiger partial charge in [0.15, 0.2) is 5.82 Å². The third kappa shape index (κ3) is 2.88. The lowest BCUT2D eigenvalue weighted by Crippen LogP contribution is -2.01. The van der Waals surface area contributed by atoms with Crippen LogP contribution in [0.3, 0.4) is 0 Å². The van der Waals surface area contributed by atoms with Crippen molar-refractivity contribution in [3.05, 3.63) is 57.8 Å². The van der Waals surface area contributed by atoms with E-state index in [1.54, 1.807) is 18.2 Å². The van der Waals surface area contributed by atoms with Crippen molar-refractivity contribution >= 4 is 40.1 Å². The van der Waals surface area contributed by atoms with Gasteiger partial charge in [0.2, 0.25) is 0 Å². The average molecular weight is 366 g/mol. The van der Waals surface area contributed by atoms with Gasteiger partial charge in [-0.2, -0.15) is 0 Å². The highest BCUT2D eigenvalue weighted by atomic mass is 35.5. The SMILES string of the molecule is COc1ccc(-c2cc(C(=O)O)c3cc(Cl)cc(F)c3n2)cc1Cl. The molecule has 3 rings (SSSR count). The quantitative estimate of drug-likeness (QED) is 0.704. The van der Waals surface area contributed by atoms with Gasteiger partial charge in [-0.3, -0.25) is 0 Å². The average Bonchev–Trinajstić information content (AvgIpc) is 2.53. The molecule has 0 spiro atoms. The molecule has 0 radical (unpaired) electrons. The molecule has 0 aliphatic rings. The van der Waals surface area contributed by atoms with Gasteiger partial charge in [0.25, 0.3) is 0 Å². The summed E-state index contributed by atoms with van der Waals surface area (Å²) in [6, 6.07) is 8.70. The molecule has 122 valence electrons. The van der Waals surface area contributed by atoms with Crippen LogP contribution in [0.5, 0.6) is 5.75 Å². The van der Waals surface area contributed by atoms with Crippen molar-refractivity contribution in [1.82, 2.24) is 4.98 Å². The minimum atomic E-state index is -1.20. The van der Waals surface area contributed by atoms with Crippen molar-refractivity contribution in [3.8, 4) is 17.0 Å². The fraction of sp³-hybridized carbons (Fsp3) is 0.0588. The van der Waals surface area contributed by atoms with E-state index in [-0.39, 0.29) is 27.2 Å². The Bertz CT molecular complexity index is 976. The maximum atomic E-state index is 14.2. The van der Waals surface area contributed by atoms with E-state index < -0.39 is 11.8 Å². The number of halogens is 3. The highest BCUT2D eigenvalue weighted by Crippen LogP contribution is 2.32. The summed E-state index contributed by atoms with van der Waals surface area (Å²) >= 11 is 11.9. The van der Waals surface area contributed by atoms with Gasteiger partial charge in [-0.05, 0) is 36.4 Å². The zero-order valence-corrected chi connectivity index (χ0v) is 13.8. The molecule has 4 nitrogen and oxygen atoms in total. The standard InChI is InChI=1S/C17H10Cl2FNO3/c1-24-15-3-2-8(4-12(15)19)14-7-11(17(22)23)10-5-9(18)6-13(20)16(10)21-14/h2-7H,1H3,(H,22,23). The number of rotatable bonds is 3. The molecule has 0 saturated carbocycles. The minimum Gasteiger partial charge on any atom is -0.495 e. The summed E-state index contributed by atoms with van der Waals surface area (Å²) in [5.41, 5.74) is 0.662. The molecule has 0 saturated heterocycles. The normalized spacial score (nSPS) is 10.8. The Balaban J connectivity index is 2.30. The Labute approximate surface area is 146 Å². The molecule has 0 unspecified atom stereocenters. The smallest absolute Gasteiger partial charge is 0.336 e. The number of benzene rings is 2. The van der Waals surface area contributed by atoms with Crippen molar-refractivity contribution in [3.63, 3.8) is 0 Å². The molecular formula is C17H10Cl2FNO3. The first-order valence-electron chi connectivity index (χ1n) is 6.77. The molecule has 0 aliphatic carbocycles. The number of nitrogens with zero attached hydrogens (tertiary/aromatic N) is 1. The molecular weight excluding hydrogens is 356 g/mol. The number of methoxy groups -OCH3 is 1. The third-order valence-electron chi connectivity index (χ3n) is 3.51. The van der Waals surface area contributed by atoms with Crippen LogP contribution in [-0.4, -0.2) is 23.2 Å². The van der Waals surface area contributed by atoms with E-state index in [9.17, 15) is 14.3 Å². The van der Waals surface area contributed by atoms with Crippen LogP contribution >= 0.6 is 23.2 Å². The maximum Gasteiger partial charge on any atom is 0.336 e. The third-order valence-corrected chi connectivity index (χ3v) is 4.02. The van der Waals surface area contributed by atoms with Crippen molar-refractivity contribution in [2.75, 3.05) is 7.11 Å². The number of aromatic carboxylic acids is 1. The predicted octanol–water partition coefficient (Wildman–Crippen LogP) is 5.05. The van der Waals surface area contributed by atoms with E-state index in [0.29, 0.717) is 16.3 Å². The van der Waals surface area contributed by atoms with Crippen molar-refractivity contribution < 1.29 is 19.0 Å². The first kappa shape index (κ1) is 16.5. The van der Waals surface area contributed by atoms with Gasteiger partial charge in [0.1, 0.15) is 11.3 Å². The zero-order valence-electron chi connectivity index (χ0n) is 12.3. The number of pyridine rings is 1. The van der Waals surface area contributed by atoms with Crippen molar-refractivity contribution in [1.29, 1.82) is 0 Å². The summed E-state index contributed by atoms with van der Waals surface area (Å²) in [4.78, 5) is 15.8. The summed E-state index contributed by atoms with van der Waals surface area (Å²) in [5.74, 6) is -1.43. The van der Waals surface area contributed by atoms with Gasteiger partial charge < -0.3 is 9.84 Å². The first-order chi connectivity index (χ1) is 11.4. The van der Waals surface area contributed by atoms with Crippen LogP contribution in [0, 0.1) is 5.82 Å². The topological polar surface area (TPSA) is 59.4 Å². The Kier molecular flexibility index (Phi) is 4.30. The van der Waals surface area contributed by atoms with E-state index in [1.807, 2.05) is 0 Å². The number of carboxylic acid groups (broad SMARTS) is 1. The summed E-state index contributed by atoms with van der Waals surface area (Å²) in [6.45, 7) is 0. The van der Waals surface area contributed by atoms with E-state index in [0.717, 1.165) is 6.07 Å². The zero-order chi connectivity index (χ0) is 17.4. The maximum absolute atomic E-state index is 14.2. The summed E-state index contributed by atoms with van der Waals surface area (Å²) in [7, 11) is 1.48. The molecule has 0 atom stereocenters. The molecule has 1 heterocycles. The Hall–Kier alpha value is -2.37. The fourth-order valence-corrected chi connectivity index (χ4v) is 2.87. The minimum absolute atomic E-state index is 0.0683. The van der Waals surface area contributed by atoms with Crippen LogP contribution in [0.25, 0.3) is 22.2 Å². The van der Waals surface area contributed by atoms with Crippen LogP contribution in [0.15, 0.2) is 36.4 Å². The molecule has 1 N–H and O–H groups in total. The molecule has 0 amide bonds. The van der Waals surface area contributed by atoms with E-state index >= 15 is 0 Å². The monoisotopic (exact) mass is 365 g/mol. The molecule has 1 aromatic heterocycles. The number of hydrogen-bond donors (Lipinski definition) is 1. The van der Waals surface area contributed by atoms with Crippen molar-refractivity contribution in [2.45, 2.75) is 0 Å². The number of fused-ring (bicyclic) bond motifs is 1. The van der Waals surface area contributed by atoms with E-state index in [2.05, 4.69) is 4.98 Å². The van der Waals surface area contributed by atoms with Gasteiger partial charge in [-0.15, -0.1) is 0 Å². The number of aromatic nitrogens is 1. The van der Waals surface area contributed by atoms with Crippen LogP contribution < -0.4 is 4.74 Å². The van der Waals surface area contributed by atoms with Gasteiger partial charge in [0.05, 0.1) is 23.4 Å². The summed E-state index contributed by atoms with van der Waals surface area (Å²) in [5, 5.41) is 10.0. The summed E-state index contributed by atoms with van der Waals surface area (Å²) in [6.07, 6.45) is 0. The highest BCUT2D eigenvalue weighted by Gasteiger charge is 2.17. The van der Waals surface area contributed by atoms with Crippen LogP contribution in [0.2, 0.25) is 10.0 Å².